The van der Waals surface area contributed by atoms with Crippen LogP contribution in [0.2, 0.25) is 0 Å². The van der Waals surface area contributed by atoms with Crippen molar-refractivity contribution in [2.45, 2.75) is 43.5 Å². The highest BCUT2D eigenvalue weighted by Gasteiger charge is 2.24. The van der Waals surface area contributed by atoms with Gasteiger partial charge in [0.2, 0.25) is 0 Å². The van der Waals surface area contributed by atoms with Gasteiger partial charge in [0.25, 0.3) is 0 Å². The Kier molecular flexibility index (Phi) is 6.05. The van der Waals surface area contributed by atoms with E-state index in [1.807, 2.05) is 17.8 Å². The van der Waals surface area contributed by atoms with Gasteiger partial charge in [0.15, 0.2) is 0 Å². The number of methoxy groups -OCH3 is 1. The normalized spacial score (nSPS) is 17.6. The molecule has 0 saturated heterocycles. The second-order valence-electron chi connectivity index (χ2n) is 5.20. The highest BCUT2D eigenvalue weighted by molar-refractivity contribution is 7.99. The van der Waals surface area contributed by atoms with E-state index in [9.17, 15) is 0 Å². The molecule has 1 aromatic rings. The summed E-state index contributed by atoms with van der Waals surface area (Å²) in [5.41, 5.74) is 0. The predicted octanol–water partition coefficient (Wildman–Crippen LogP) is 3.96. The van der Waals surface area contributed by atoms with Crippen molar-refractivity contribution in [3.05, 3.63) is 24.3 Å². The second-order valence-corrected chi connectivity index (χ2v) is 6.29. The van der Waals surface area contributed by atoms with Crippen LogP contribution in [0.15, 0.2) is 29.2 Å². The van der Waals surface area contributed by atoms with Crippen molar-refractivity contribution in [2.75, 3.05) is 19.4 Å². The summed E-state index contributed by atoms with van der Waals surface area (Å²) in [5, 5.41) is 3.67. The van der Waals surface area contributed by atoms with E-state index in [2.05, 4.69) is 30.4 Å². The molecule has 0 heterocycles. The maximum absolute atomic E-state index is 5.28. The first-order valence-corrected chi connectivity index (χ1v) is 8.32. The van der Waals surface area contributed by atoms with Crippen molar-refractivity contribution in [1.29, 1.82) is 0 Å². The standard InChI is InChI=1S/C16H25NOS/c1-3-17-16(13-7-4-5-8-13)12-19-15-10-6-9-14(11-15)18-2/h6,9-11,13,16-17H,3-5,7-8,12H2,1-2H3. The molecular formula is C16H25NOS. The monoisotopic (exact) mass is 279 g/mol. The Morgan fingerprint density at radius 2 is 2.16 bits per heavy atom. The molecule has 0 aromatic heterocycles. The van der Waals surface area contributed by atoms with E-state index in [4.69, 9.17) is 4.74 Å². The number of thioether (sulfide) groups is 1. The Bertz CT molecular complexity index is 377. The highest BCUT2D eigenvalue weighted by atomic mass is 32.2. The van der Waals surface area contributed by atoms with E-state index in [1.54, 1.807) is 7.11 Å². The zero-order chi connectivity index (χ0) is 13.5. The molecule has 1 saturated carbocycles. The van der Waals surface area contributed by atoms with Gasteiger partial charge >= 0.3 is 0 Å². The topological polar surface area (TPSA) is 21.3 Å². The Labute approximate surface area is 121 Å². The maximum atomic E-state index is 5.28. The zero-order valence-corrected chi connectivity index (χ0v) is 12.8. The predicted molar refractivity (Wildman–Crippen MR) is 83.1 cm³/mol. The van der Waals surface area contributed by atoms with E-state index in [0.29, 0.717) is 6.04 Å². The third kappa shape index (κ3) is 4.43. The highest BCUT2D eigenvalue weighted by Crippen LogP contribution is 2.31. The smallest absolute Gasteiger partial charge is 0.119 e. The molecule has 1 atom stereocenters. The lowest BCUT2D eigenvalue weighted by Gasteiger charge is -2.24. The summed E-state index contributed by atoms with van der Waals surface area (Å²) < 4.78 is 5.28. The molecule has 0 bridgehead atoms. The molecule has 1 N–H and O–H groups in total. The van der Waals surface area contributed by atoms with Crippen LogP contribution in [0.5, 0.6) is 5.75 Å². The molecule has 0 aliphatic heterocycles. The third-order valence-electron chi connectivity index (χ3n) is 3.91. The lowest BCUT2D eigenvalue weighted by molar-refractivity contribution is 0.394. The fraction of sp³-hybridized carbons (Fsp3) is 0.625. The molecule has 1 unspecified atom stereocenters. The van der Waals surface area contributed by atoms with Gasteiger partial charge < -0.3 is 10.1 Å². The number of hydrogen-bond acceptors (Lipinski definition) is 3. The van der Waals surface area contributed by atoms with E-state index >= 15 is 0 Å². The summed E-state index contributed by atoms with van der Waals surface area (Å²) in [6.07, 6.45) is 5.62. The molecule has 1 aromatic carbocycles. The summed E-state index contributed by atoms with van der Waals surface area (Å²) in [4.78, 5) is 1.31. The van der Waals surface area contributed by atoms with Crippen LogP contribution in [0.4, 0.5) is 0 Å². The number of ether oxygens (including phenoxy) is 1. The van der Waals surface area contributed by atoms with Crippen LogP contribution in [-0.4, -0.2) is 25.4 Å². The van der Waals surface area contributed by atoms with Crippen molar-refractivity contribution >= 4 is 11.8 Å². The van der Waals surface area contributed by atoms with Gasteiger partial charge in [0, 0.05) is 16.7 Å². The molecule has 3 heteroatoms. The van der Waals surface area contributed by atoms with Gasteiger partial charge in [-0.1, -0.05) is 25.8 Å². The Morgan fingerprint density at radius 1 is 1.37 bits per heavy atom. The van der Waals surface area contributed by atoms with Gasteiger partial charge in [-0.15, -0.1) is 11.8 Å². The molecule has 19 heavy (non-hydrogen) atoms. The largest absolute Gasteiger partial charge is 0.497 e. The minimum absolute atomic E-state index is 0.656. The van der Waals surface area contributed by atoms with Crippen LogP contribution in [-0.2, 0) is 0 Å². The van der Waals surface area contributed by atoms with Crippen LogP contribution in [0.1, 0.15) is 32.6 Å². The zero-order valence-electron chi connectivity index (χ0n) is 12.0. The molecule has 1 aliphatic rings. The van der Waals surface area contributed by atoms with Crippen LogP contribution in [0.25, 0.3) is 0 Å². The van der Waals surface area contributed by atoms with E-state index < -0.39 is 0 Å². The van der Waals surface area contributed by atoms with Crippen LogP contribution in [0.3, 0.4) is 0 Å². The molecule has 0 amide bonds. The SMILES string of the molecule is CCNC(CSc1cccc(OC)c1)C1CCCC1. The first kappa shape index (κ1) is 14.7. The molecule has 0 spiro atoms. The van der Waals surface area contributed by atoms with Crippen molar-refractivity contribution in [2.24, 2.45) is 5.92 Å². The van der Waals surface area contributed by atoms with Gasteiger partial charge in [-0.05, 0) is 43.5 Å². The van der Waals surface area contributed by atoms with Crippen molar-refractivity contribution in [3.63, 3.8) is 0 Å². The van der Waals surface area contributed by atoms with Crippen LogP contribution in [0, 0.1) is 5.92 Å². The fourth-order valence-electron chi connectivity index (χ4n) is 2.86. The van der Waals surface area contributed by atoms with E-state index in [1.165, 1.54) is 30.6 Å². The average molecular weight is 279 g/mol. The Balaban J connectivity index is 1.89. The molecule has 1 fully saturated rings. The minimum atomic E-state index is 0.656. The van der Waals surface area contributed by atoms with Gasteiger partial charge in [0.05, 0.1) is 7.11 Å². The number of benzene rings is 1. The van der Waals surface area contributed by atoms with E-state index in [-0.39, 0.29) is 0 Å². The second kappa shape index (κ2) is 7.81. The summed E-state index contributed by atoms with van der Waals surface area (Å²) in [6, 6.07) is 9.03. The van der Waals surface area contributed by atoms with Gasteiger partial charge in [-0.25, -0.2) is 0 Å². The maximum Gasteiger partial charge on any atom is 0.119 e. The molecule has 0 radical (unpaired) electrons. The molecule has 1 aliphatic carbocycles. The lowest BCUT2D eigenvalue weighted by Crippen LogP contribution is -2.37. The fourth-order valence-corrected chi connectivity index (χ4v) is 4.00. The van der Waals surface area contributed by atoms with Gasteiger partial charge in [0.1, 0.15) is 5.75 Å². The molecular weight excluding hydrogens is 254 g/mol. The minimum Gasteiger partial charge on any atom is -0.497 e. The molecule has 106 valence electrons. The first-order valence-electron chi connectivity index (χ1n) is 7.33. The summed E-state index contributed by atoms with van der Waals surface area (Å²) in [5.74, 6) is 2.98. The molecule has 2 rings (SSSR count). The summed E-state index contributed by atoms with van der Waals surface area (Å²) in [6.45, 7) is 3.28. The van der Waals surface area contributed by atoms with Gasteiger partial charge in [-0.2, -0.15) is 0 Å². The van der Waals surface area contributed by atoms with Crippen LogP contribution >= 0.6 is 11.8 Å². The quantitative estimate of drug-likeness (QED) is 0.763. The number of nitrogens with one attached hydrogen (secondary N) is 1. The van der Waals surface area contributed by atoms with Gasteiger partial charge in [-0.3, -0.25) is 0 Å². The molecule has 2 nitrogen and oxygen atoms in total. The van der Waals surface area contributed by atoms with Crippen LogP contribution < -0.4 is 10.1 Å². The lowest BCUT2D eigenvalue weighted by atomic mass is 10.00. The Hall–Kier alpha value is -0.670. The third-order valence-corrected chi connectivity index (χ3v) is 5.02. The van der Waals surface area contributed by atoms with Crippen molar-refractivity contribution in [3.8, 4) is 5.75 Å². The Morgan fingerprint density at radius 3 is 2.84 bits per heavy atom. The summed E-state index contributed by atoms with van der Waals surface area (Å²) >= 11 is 1.94. The van der Waals surface area contributed by atoms with E-state index in [0.717, 1.165) is 24.0 Å². The van der Waals surface area contributed by atoms with Crippen molar-refractivity contribution in [1.82, 2.24) is 5.32 Å². The average Bonchev–Trinajstić information content (AvgIpc) is 2.97. The summed E-state index contributed by atoms with van der Waals surface area (Å²) in [7, 11) is 1.73. The number of hydrogen-bond donors (Lipinski definition) is 1. The van der Waals surface area contributed by atoms with Crippen molar-refractivity contribution < 1.29 is 4.74 Å². The first-order chi connectivity index (χ1) is 9.33. The number of rotatable bonds is 7.